The van der Waals surface area contributed by atoms with Crippen molar-refractivity contribution in [1.29, 1.82) is 0 Å². The Kier molecular flexibility index (Phi) is 4.29. The lowest BCUT2D eigenvalue weighted by Crippen LogP contribution is -2.51. The van der Waals surface area contributed by atoms with Crippen LogP contribution in [0.15, 0.2) is 49.1 Å². The molecule has 1 aliphatic heterocycles. The highest BCUT2D eigenvalue weighted by Crippen LogP contribution is 2.44. The minimum atomic E-state index is -0.933. The Morgan fingerprint density at radius 1 is 1.07 bits per heavy atom. The molecular formula is C24H26N4O2. The van der Waals surface area contributed by atoms with Gasteiger partial charge < -0.3 is 10.0 Å². The van der Waals surface area contributed by atoms with Crippen LogP contribution in [-0.4, -0.2) is 42.3 Å². The quantitative estimate of drug-likeness (QED) is 0.707. The molecule has 1 fully saturated rings. The van der Waals surface area contributed by atoms with Gasteiger partial charge in [0.05, 0.1) is 23.4 Å². The van der Waals surface area contributed by atoms with Crippen molar-refractivity contribution in [1.82, 2.24) is 19.7 Å². The molecule has 5 rings (SSSR count). The smallest absolute Gasteiger partial charge is 0.255 e. The molecule has 1 saturated carbocycles. The van der Waals surface area contributed by atoms with Gasteiger partial charge in [0, 0.05) is 48.9 Å². The number of pyridine rings is 1. The molecule has 1 aromatic carbocycles. The fourth-order valence-electron chi connectivity index (χ4n) is 4.76. The minimum absolute atomic E-state index is 0.00207. The van der Waals surface area contributed by atoms with Crippen molar-refractivity contribution in [3.63, 3.8) is 0 Å². The summed E-state index contributed by atoms with van der Waals surface area (Å²) < 4.78 is 1.78. The molecule has 0 bridgehead atoms. The van der Waals surface area contributed by atoms with Crippen LogP contribution in [0.1, 0.15) is 42.6 Å². The van der Waals surface area contributed by atoms with Gasteiger partial charge in [0.1, 0.15) is 0 Å². The normalized spacial score (nSPS) is 17.3. The van der Waals surface area contributed by atoms with Gasteiger partial charge in [0.25, 0.3) is 5.91 Å². The summed E-state index contributed by atoms with van der Waals surface area (Å²) in [5.74, 6) is 0.371. The highest BCUT2D eigenvalue weighted by Gasteiger charge is 2.48. The molecule has 6 nitrogen and oxygen atoms in total. The molecule has 0 spiro atoms. The maximum absolute atomic E-state index is 13.5. The molecule has 1 N–H and O–H groups in total. The highest BCUT2D eigenvalue weighted by atomic mass is 16.3. The number of carbonyl (C=O) groups excluding carboxylic acids is 1. The molecule has 1 amide bonds. The van der Waals surface area contributed by atoms with E-state index in [1.165, 1.54) is 0 Å². The van der Waals surface area contributed by atoms with Gasteiger partial charge in [-0.05, 0) is 43.7 Å². The SMILES string of the molecule is Cn1cc(-c2ccc(-c3cncc4c3C(=O)N([C@H](C3CC3)C(C)(C)O)C4)cc2)cn1. The number of aromatic nitrogens is 3. The Bertz CT molecular complexity index is 1110. The van der Waals surface area contributed by atoms with E-state index < -0.39 is 5.60 Å². The number of aliphatic hydroxyl groups is 1. The molecule has 3 heterocycles. The first-order valence-electron chi connectivity index (χ1n) is 10.4. The van der Waals surface area contributed by atoms with E-state index in [4.69, 9.17) is 0 Å². The molecule has 0 unspecified atom stereocenters. The average molecular weight is 402 g/mol. The van der Waals surface area contributed by atoms with E-state index in [9.17, 15) is 9.90 Å². The van der Waals surface area contributed by atoms with Crippen molar-refractivity contribution in [2.75, 3.05) is 0 Å². The Labute approximate surface area is 176 Å². The average Bonchev–Trinajstić information content (AvgIpc) is 3.35. The van der Waals surface area contributed by atoms with E-state index in [1.807, 2.05) is 62.5 Å². The number of aryl methyl sites for hydroxylation is 1. The zero-order valence-electron chi connectivity index (χ0n) is 17.5. The number of fused-ring (bicyclic) bond motifs is 1. The van der Waals surface area contributed by atoms with E-state index >= 15 is 0 Å². The first-order chi connectivity index (χ1) is 14.3. The summed E-state index contributed by atoms with van der Waals surface area (Å²) in [5, 5.41) is 15.0. The minimum Gasteiger partial charge on any atom is -0.388 e. The molecule has 2 aromatic heterocycles. The number of amides is 1. The lowest BCUT2D eigenvalue weighted by atomic mass is 9.93. The van der Waals surface area contributed by atoms with Crippen LogP contribution in [-0.2, 0) is 13.6 Å². The molecular weight excluding hydrogens is 376 g/mol. The Hall–Kier alpha value is -2.99. The van der Waals surface area contributed by atoms with Gasteiger partial charge in [-0.2, -0.15) is 5.10 Å². The summed E-state index contributed by atoms with van der Waals surface area (Å²) in [6, 6.07) is 7.99. The van der Waals surface area contributed by atoms with Gasteiger partial charge in [0.15, 0.2) is 0 Å². The number of nitrogens with zero attached hydrogens (tertiary/aromatic N) is 4. The lowest BCUT2D eigenvalue weighted by molar-refractivity contribution is -0.0224. The van der Waals surface area contributed by atoms with E-state index in [0.29, 0.717) is 18.0 Å². The predicted octanol–water partition coefficient (Wildman–Crippen LogP) is 3.65. The van der Waals surface area contributed by atoms with Crippen molar-refractivity contribution < 1.29 is 9.90 Å². The Balaban J connectivity index is 1.49. The lowest BCUT2D eigenvalue weighted by Gasteiger charge is -2.37. The third-order valence-corrected chi connectivity index (χ3v) is 6.20. The van der Waals surface area contributed by atoms with Crippen LogP contribution in [0.5, 0.6) is 0 Å². The molecule has 3 aromatic rings. The number of hydrogen-bond donors (Lipinski definition) is 1. The summed E-state index contributed by atoms with van der Waals surface area (Å²) in [4.78, 5) is 19.7. The van der Waals surface area contributed by atoms with Gasteiger partial charge in [0.2, 0.25) is 0 Å². The van der Waals surface area contributed by atoms with Crippen LogP contribution >= 0.6 is 0 Å². The number of hydrogen-bond acceptors (Lipinski definition) is 4. The molecule has 154 valence electrons. The predicted molar refractivity (Wildman–Crippen MR) is 115 cm³/mol. The van der Waals surface area contributed by atoms with Crippen molar-refractivity contribution in [3.8, 4) is 22.3 Å². The summed E-state index contributed by atoms with van der Waals surface area (Å²) in [7, 11) is 1.90. The van der Waals surface area contributed by atoms with Crippen molar-refractivity contribution in [3.05, 3.63) is 60.2 Å². The Morgan fingerprint density at radius 2 is 1.77 bits per heavy atom. The molecule has 30 heavy (non-hydrogen) atoms. The molecule has 0 radical (unpaired) electrons. The van der Waals surface area contributed by atoms with Crippen LogP contribution in [0.2, 0.25) is 0 Å². The monoisotopic (exact) mass is 402 g/mol. The summed E-state index contributed by atoms with van der Waals surface area (Å²) >= 11 is 0. The van der Waals surface area contributed by atoms with Crippen LogP contribution in [0.3, 0.4) is 0 Å². The van der Waals surface area contributed by atoms with Crippen molar-refractivity contribution >= 4 is 5.91 Å². The Morgan fingerprint density at radius 3 is 2.37 bits per heavy atom. The zero-order chi connectivity index (χ0) is 21.0. The van der Waals surface area contributed by atoms with Gasteiger partial charge in [-0.25, -0.2) is 0 Å². The maximum atomic E-state index is 13.5. The van der Waals surface area contributed by atoms with Gasteiger partial charge in [-0.3, -0.25) is 14.5 Å². The second-order valence-electron chi connectivity index (χ2n) is 9.07. The van der Waals surface area contributed by atoms with Crippen LogP contribution in [0.4, 0.5) is 0 Å². The first-order valence-corrected chi connectivity index (χ1v) is 10.4. The third kappa shape index (κ3) is 3.21. The highest BCUT2D eigenvalue weighted by molar-refractivity contribution is 6.04. The van der Waals surface area contributed by atoms with Gasteiger partial charge in [-0.1, -0.05) is 24.3 Å². The maximum Gasteiger partial charge on any atom is 0.255 e. The number of carbonyl (C=O) groups is 1. The first kappa shape index (κ1) is 19.0. The standard InChI is InChI=1S/C24H26N4O2/c1-24(2,30)22(17-8-9-17)28-14-19-10-25-12-20(21(19)23(28)29)16-6-4-15(5-7-16)18-11-26-27(3)13-18/h4-7,10-13,17,22,30H,8-9,14H2,1-3H3/t22-/m1/s1. The zero-order valence-corrected chi connectivity index (χ0v) is 17.5. The van der Waals surface area contributed by atoms with Gasteiger partial charge >= 0.3 is 0 Å². The molecule has 2 aliphatic rings. The number of benzene rings is 1. The van der Waals surface area contributed by atoms with E-state index in [2.05, 4.69) is 10.1 Å². The van der Waals surface area contributed by atoms with Crippen molar-refractivity contribution in [2.24, 2.45) is 13.0 Å². The fourth-order valence-corrected chi connectivity index (χ4v) is 4.76. The summed E-state index contributed by atoms with van der Waals surface area (Å²) in [6.07, 6.45) is 9.51. The van der Waals surface area contributed by atoms with E-state index in [-0.39, 0.29) is 11.9 Å². The molecule has 1 atom stereocenters. The summed E-state index contributed by atoms with van der Waals surface area (Å²) in [6.45, 7) is 4.12. The second-order valence-corrected chi connectivity index (χ2v) is 9.07. The third-order valence-electron chi connectivity index (χ3n) is 6.20. The summed E-state index contributed by atoms with van der Waals surface area (Å²) in [5.41, 5.74) is 4.67. The van der Waals surface area contributed by atoms with Crippen molar-refractivity contribution in [2.45, 2.75) is 44.9 Å². The second kappa shape index (κ2) is 6.77. The molecule has 6 heteroatoms. The van der Waals surface area contributed by atoms with E-state index in [1.54, 1.807) is 17.1 Å². The molecule has 0 saturated heterocycles. The van der Waals surface area contributed by atoms with Crippen LogP contribution < -0.4 is 0 Å². The van der Waals surface area contributed by atoms with E-state index in [0.717, 1.165) is 40.7 Å². The fraction of sp³-hybridized carbons (Fsp3) is 0.375. The number of rotatable bonds is 5. The molecule has 1 aliphatic carbocycles. The largest absolute Gasteiger partial charge is 0.388 e. The van der Waals surface area contributed by atoms with Crippen LogP contribution in [0.25, 0.3) is 22.3 Å². The van der Waals surface area contributed by atoms with Gasteiger partial charge in [-0.15, -0.1) is 0 Å². The topological polar surface area (TPSA) is 71.2 Å². The van der Waals surface area contributed by atoms with Crippen LogP contribution in [0, 0.1) is 5.92 Å².